The third kappa shape index (κ3) is 7.18. The van der Waals surface area contributed by atoms with Gasteiger partial charge in [0.05, 0.1) is 42.3 Å². The quantitative estimate of drug-likeness (QED) is 0.224. The number of amides is 3. The number of piperazine rings is 1. The lowest BCUT2D eigenvalue weighted by Gasteiger charge is -2.38. The van der Waals surface area contributed by atoms with Crippen molar-refractivity contribution in [3.05, 3.63) is 76.5 Å². The summed E-state index contributed by atoms with van der Waals surface area (Å²) in [5.41, 5.74) is 1.60. The van der Waals surface area contributed by atoms with Gasteiger partial charge in [-0.1, -0.05) is 17.7 Å². The number of aliphatic hydroxyl groups is 2. The third-order valence-electron chi connectivity index (χ3n) is 9.97. The summed E-state index contributed by atoms with van der Waals surface area (Å²) in [7, 11) is 5.38. The molecule has 16 heteroatoms. The topological polar surface area (TPSA) is 146 Å². The van der Waals surface area contributed by atoms with Crippen molar-refractivity contribution in [3.8, 4) is 22.4 Å². The fraction of sp³-hybridized carbons (Fsp3) is 0.417. The third-order valence-corrected chi connectivity index (χ3v) is 10.3. The van der Waals surface area contributed by atoms with E-state index in [1.807, 2.05) is 14.1 Å². The number of likely N-dealkylation sites (N-methyl/N-ethyl adjacent to an activating group) is 1. The Bertz CT molecular complexity index is 2020. The summed E-state index contributed by atoms with van der Waals surface area (Å²) in [5, 5.41) is 26.3. The molecule has 52 heavy (non-hydrogen) atoms. The second-order valence-corrected chi connectivity index (χ2v) is 14.3. The second-order valence-electron chi connectivity index (χ2n) is 13.9. The highest BCUT2D eigenvalue weighted by molar-refractivity contribution is 6.34. The van der Waals surface area contributed by atoms with Gasteiger partial charge in [0.2, 0.25) is 0 Å². The van der Waals surface area contributed by atoms with E-state index in [-0.39, 0.29) is 57.7 Å². The van der Waals surface area contributed by atoms with Crippen molar-refractivity contribution in [2.24, 2.45) is 7.05 Å². The monoisotopic (exact) mass is 739 g/mol. The molecule has 0 bridgehead atoms. The molecule has 4 heterocycles. The number of likely N-dealkylation sites (tertiary alicyclic amines) is 1. The SMILES string of the molecule is Cc1nn(CCCO)cc1-c1ccc(-c2cnc(C(=O)Nc3ccc(C(=O)N4CCN(C(=O)[C@@H]5C[C@@H](O)C[N+]5(C)C)CC4)c(Cl)c3)n2C)c(F)c1F. The van der Waals surface area contributed by atoms with Crippen LogP contribution in [-0.2, 0) is 18.4 Å². The molecule has 4 aromatic rings. The maximum absolute atomic E-state index is 15.5. The number of aryl methyl sites for hydroxylation is 2. The molecular weight excluding hydrogens is 698 g/mol. The zero-order valence-corrected chi connectivity index (χ0v) is 30.2. The van der Waals surface area contributed by atoms with Crippen molar-refractivity contribution >= 4 is 35.0 Å². The van der Waals surface area contributed by atoms with Gasteiger partial charge in [0.25, 0.3) is 17.7 Å². The van der Waals surface area contributed by atoms with Crippen molar-refractivity contribution in [2.45, 2.75) is 38.5 Å². The summed E-state index contributed by atoms with van der Waals surface area (Å²) in [4.78, 5) is 47.4. The van der Waals surface area contributed by atoms with E-state index in [1.54, 1.807) is 27.6 Å². The summed E-state index contributed by atoms with van der Waals surface area (Å²) in [6.45, 7) is 4.01. The predicted octanol–water partition coefficient (Wildman–Crippen LogP) is 3.32. The van der Waals surface area contributed by atoms with E-state index in [1.165, 1.54) is 48.1 Å². The highest BCUT2D eigenvalue weighted by Crippen LogP contribution is 2.33. The smallest absolute Gasteiger partial charge is 0.291 e. The molecule has 2 aromatic heterocycles. The average molecular weight is 740 g/mol. The first-order valence-corrected chi connectivity index (χ1v) is 17.4. The van der Waals surface area contributed by atoms with Gasteiger partial charge in [-0.25, -0.2) is 13.8 Å². The van der Waals surface area contributed by atoms with Gasteiger partial charge in [0.1, 0.15) is 12.6 Å². The van der Waals surface area contributed by atoms with Crippen LogP contribution < -0.4 is 5.32 Å². The maximum atomic E-state index is 15.5. The van der Waals surface area contributed by atoms with E-state index < -0.39 is 23.6 Å². The highest BCUT2D eigenvalue weighted by atomic mass is 35.5. The van der Waals surface area contributed by atoms with Gasteiger partial charge in [0, 0.05) is 81.4 Å². The van der Waals surface area contributed by atoms with Gasteiger partial charge in [-0.05, 0) is 37.6 Å². The van der Waals surface area contributed by atoms with E-state index in [0.717, 1.165) is 0 Å². The van der Waals surface area contributed by atoms with Crippen molar-refractivity contribution in [1.29, 1.82) is 0 Å². The number of imidazole rings is 1. The number of benzene rings is 2. The number of halogens is 3. The van der Waals surface area contributed by atoms with Gasteiger partial charge in [-0.3, -0.25) is 19.1 Å². The largest absolute Gasteiger partial charge is 0.396 e. The van der Waals surface area contributed by atoms with E-state index in [2.05, 4.69) is 15.4 Å². The molecule has 0 radical (unpaired) electrons. The fourth-order valence-corrected chi connectivity index (χ4v) is 7.37. The molecule has 13 nitrogen and oxygen atoms in total. The highest BCUT2D eigenvalue weighted by Gasteiger charge is 2.46. The van der Waals surface area contributed by atoms with Crippen LogP contribution in [0, 0.1) is 18.6 Å². The van der Waals surface area contributed by atoms with Crippen LogP contribution in [0.1, 0.15) is 39.5 Å². The number of hydrogen-bond acceptors (Lipinski definition) is 7. The molecule has 276 valence electrons. The van der Waals surface area contributed by atoms with Gasteiger partial charge < -0.3 is 34.4 Å². The van der Waals surface area contributed by atoms with Gasteiger partial charge in [0.15, 0.2) is 23.5 Å². The maximum Gasteiger partial charge on any atom is 0.291 e. The number of rotatable bonds is 9. The number of anilines is 1. The van der Waals surface area contributed by atoms with Crippen molar-refractivity contribution in [1.82, 2.24) is 29.1 Å². The molecule has 2 aliphatic heterocycles. The molecule has 3 N–H and O–H groups in total. The van der Waals surface area contributed by atoms with E-state index in [4.69, 9.17) is 16.7 Å². The normalized spacial score (nSPS) is 18.6. The Balaban J connectivity index is 1.10. The molecule has 2 aromatic carbocycles. The molecule has 0 spiro atoms. The van der Waals surface area contributed by atoms with Crippen molar-refractivity contribution in [2.75, 3.05) is 58.7 Å². The van der Waals surface area contributed by atoms with Gasteiger partial charge in [-0.2, -0.15) is 5.10 Å². The Morgan fingerprint density at radius 2 is 1.69 bits per heavy atom. The zero-order chi connectivity index (χ0) is 37.5. The first-order chi connectivity index (χ1) is 24.7. The minimum absolute atomic E-state index is 0.0189. The lowest BCUT2D eigenvalue weighted by Crippen LogP contribution is -2.58. The molecule has 6 rings (SSSR count). The summed E-state index contributed by atoms with van der Waals surface area (Å²) in [6, 6.07) is 7.05. The minimum atomic E-state index is -1.10. The number of nitrogens with one attached hydrogen (secondary N) is 1. The number of aliphatic hydroxyl groups excluding tert-OH is 2. The lowest BCUT2D eigenvalue weighted by atomic mass is 10.0. The molecule has 0 aliphatic carbocycles. The number of carbonyl (C=O) groups excluding carboxylic acids is 3. The van der Waals surface area contributed by atoms with Crippen LogP contribution in [0.3, 0.4) is 0 Å². The molecule has 2 fully saturated rings. The summed E-state index contributed by atoms with van der Waals surface area (Å²) in [5.74, 6) is -3.20. The first kappa shape index (κ1) is 37.1. The number of carbonyl (C=O) groups is 3. The Labute approximate surface area is 304 Å². The number of hydrogen-bond donors (Lipinski definition) is 3. The summed E-state index contributed by atoms with van der Waals surface area (Å²) < 4.78 is 34.3. The average Bonchev–Trinajstić information content (AvgIpc) is 3.76. The number of quaternary nitrogens is 1. The van der Waals surface area contributed by atoms with Crippen LogP contribution in [0.5, 0.6) is 0 Å². The van der Waals surface area contributed by atoms with Gasteiger partial charge >= 0.3 is 0 Å². The standard InChI is InChI=1S/C36H41ClF2N8O5/c1-21-27(19-46(42-21)10-5-15-48)24-8-9-26(32(39)31(24)38)29-18-40-33(43(29)2)34(50)41-22-6-7-25(28(37)16-22)35(51)44-11-13-45(14-12-44)36(52)30-17-23(49)20-47(30,3)4/h6-9,16,18-19,23,30,48-49H,5,10-15,17,20H2,1-4H3/p+1/t23-,30+/m1/s1. The first-order valence-electron chi connectivity index (χ1n) is 17.0. The van der Waals surface area contributed by atoms with Crippen molar-refractivity contribution in [3.63, 3.8) is 0 Å². The van der Waals surface area contributed by atoms with Crippen LogP contribution in [-0.4, -0.2) is 127 Å². The van der Waals surface area contributed by atoms with E-state index >= 15 is 8.78 Å². The van der Waals surface area contributed by atoms with Crippen LogP contribution in [0.15, 0.2) is 42.7 Å². The van der Waals surface area contributed by atoms with Gasteiger partial charge in [-0.15, -0.1) is 0 Å². The molecule has 3 amide bonds. The molecule has 2 saturated heterocycles. The van der Waals surface area contributed by atoms with Crippen LogP contribution >= 0.6 is 11.6 Å². The number of nitrogens with zero attached hydrogens (tertiary/aromatic N) is 7. The zero-order valence-electron chi connectivity index (χ0n) is 29.4. The van der Waals surface area contributed by atoms with Crippen LogP contribution in [0.4, 0.5) is 14.5 Å². The Morgan fingerprint density at radius 1 is 1.02 bits per heavy atom. The molecule has 2 atom stereocenters. The molecule has 0 unspecified atom stereocenters. The Hall–Kier alpha value is -4.70. The Morgan fingerprint density at radius 3 is 2.35 bits per heavy atom. The second kappa shape index (κ2) is 14.7. The van der Waals surface area contributed by atoms with E-state index in [0.29, 0.717) is 73.5 Å². The molecule has 2 aliphatic rings. The lowest BCUT2D eigenvalue weighted by molar-refractivity contribution is -0.894. The fourth-order valence-electron chi connectivity index (χ4n) is 7.11. The minimum Gasteiger partial charge on any atom is -0.396 e. The van der Waals surface area contributed by atoms with E-state index in [9.17, 15) is 19.5 Å². The molecular formula is C36H42ClF2N8O5+. The van der Waals surface area contributed by atoms with Crippen LogP contribution in [0.2, 0.25) is 5.02 Å². The van der Waals surface area contributed by atoms with Crippen LogP contribution in [0.25, 0.3) is 22.4 Å². The Kier molecular flexibility index (Phi) is 10.5. The predicted molar refractivity (Wildman–Crippen MR) is 189 cm³/mol. The summed E-state index contributed by atoms with van der Waals surface area (Å²) in [6.07, 6.45) is 3.27. The number of aromatic nitrogens is 4. The van der Waals surface area contributed by atoms with Crippen molar-refractivity contribution < 1.29 is 37.9 Å². The summed E-state index contributed by atoms with van der Waals surface area (Å²) >= 11 is 6.52. The molecule has 0 saturated carbocycles.